The van der Waals surface area contributed by atoms with Gasteiger partial charge in [-0.1, -0.05) is 12.2 Å². The zero-order valence-electron chi connectivity index (χ0n) is 4.77. The van der Waals surface area contributed by atoms with Gasteiger partial charge in [-0.25, -0.2) is 0 Å². The first-order valence-corrected chi connectivity index (χ1v) is 3.21. The van der Waals surface area contributed by atoms with Crippen LogP contribution in [0.3, 0.4) is 0 Å². The maximum absolute atomic E-state index is 8.07. The Morgan fingerprint density at radius 2 is 1.70 bits per heavy atom. The first kappa shape index (κ1) is 12.2. The van der Waals surface area contributed by atoms with E-state index in [0.29, 0.717) is 0 Å². The molecule has 0 aromatic carbocycles. The first-order chi connectivity index (χ1) is 4.50. The molecule has 0 bridgehead atoms. The highest BCUT2D eigenvalue weighted by atomic mass is 32.1. The first-order valence-electron chi connectivity index (χ1n) is 1.92. The lowest BCUT2D eigenvalue weighted by Crippen LogP contribution is -2.16. The van der Waals surface area contributed by atoms with E-state index in [0.717, 1.165) is 5.49 Å². The van der Waals surface area contributed by atoms with Crippen molar-refractivity contribution in [2.24, 2.45) is 5.73 Å². The normalized spacial score (nSPS) is 6.40. The second-order valence-corrected chi connectivity index (χ2v) is 1.95. The van der Waals surface area contributed by atoms with Gasteiger partial charge in [-0.2, -0.15) is 0 Å². The summed E-state index contributed by atoms with van der Waals surface area (Å²) in [7, 11) is 0. The van der Waals surface area contributed by atoms with Crippen molar-refractivity contribution in [3.63, 3.8) is 0 Å². The summed E-state index contributed by atoms with van der Waals surface area (Å²) in [5.74, 6) is 0. The van der Waals surface area contributed by atoms with E-state index >= 15 is 0 Å². The smallest absolute Gasteiger partial charge is 0.258 e. The average Bonchev–Trinajstić information content (AvgIpc) is 1.62. The molecule has 7 heteroatoms. The minimum Gasteiger partial charge on any atom is -0.487 e. The lowest BCUT2D eigenvalue weighted by Gasteiger charge is -1.84. The van der Waals surface area contributed by atoms with Crippen LogP contribution < -0.4 is 11.1 Å². The largest absolute Gasteiger partial charge is 0.487 e. The van der Waals surface area contributed by atoms with E-state index in [9.17, 15) is 0 Å². The summed E-state index contributed by atoms with van der Waals surface area (Å²) < 4.78 is 0. The summed E-state index contributed by atoms with van der Waals surface area (Å²) in [5, 5.41) is 17.0. The van der Waals surface area contributed by atoms with E-state index in [1.807, 2.05) is 0 Å². The van der Waals surface area contributed by atoms with E-state index in [1.54, 1.807) is 0 Å². The Bertz CT molecular complexity index is 134. The van der Waals surface area contributed by atoms with Crippen LogP contribution in [-0.2, 0) is 0 Å². The maximum atomic E-state index is 8.07. The van der Waals surface area contributed by atoms with Crippen molar-refractivity contribution in [3.8, 4) is 0 Å². The van der Waals surface area contributed by atoms with E-state index in [4.69, 9.17) is 10.2 Å². The molecule has 58 valence electrons. The van der Waals surface area contributed by atoms with Crippen LogP contribution in [0.2, 0.25) is 0 Å². The number of nitrogens with two attached hydrogens (primary N) is 1. The van der Waals surface area contributed by atoms with Gasteiger partial charge in [0.1, 0.15) is 0 Å². The van der Waals surface area contributed by atoms with Crippen molar-refractivity contribution in [2.75, 3.05) is 0 Å². The van der Waals surface area contributed by atoms with E-state index in [2.05, 4.69) is 47.7 Å². The zero-order valence-corrected chi connectivity index (χ0v) is 7.22. The van der Waals surface area contributed by atoms with E-state index < -0.39 is 5.17 Å². The molecular formula is C3H6N2O2S3. The molecule has 0 aliphatic heterocycles. The summed E-state index contributed by atoms with van der Waals surface area (Å²) >= 11 is 12.3. The fourth-order valence-corrected chi connectivity index (χ4v) is 0.296. The molecule has 0 unspecified atom stereocenters. The third-order valence-corrected chi connectivity index (χ3v) is 0.418. The second kappa shape index (κ2) is 8.47. The van der Waals surface area contributed by atoms with Crippen molar-refractivity contribution in [2.45, 2.75) is 0 Å². The highest BCUT2D eigenvalue weighted by molar-refractivity contribution is 7.81. The average molecular weight is 198 g/mol. The molecule has 0 aliphatic carbocycles. The number of hydrogen-bond acceptors (Lipinski definition) is 3. The summed E-state index contributed by atoms with van der Waals surface area (Å²) in [4.78, 5) is 0. The standard InChI is InChI=1S/C2H3NOS2.CH3NOS/c4-2(6)3-1-5;2-1(3)4/h1H,(H2,3,4,5,6);(H3,2,3,4). The lowest BCUT2D eigenvalue weighted by atomic mass is 11.2. The van der Waals surface area contributed by atoms with Gasteiger partial charge in [0.2, 0.25) is 0 Å². The molecule has 4 nitrogen and oxygen atoms in total. The summed E-state index contributed by atoms with van der Waals surface area (Å²) in [6.07, 6.45) is 0. The highest BCUT2D eigenvalue weighted by Crippen LogP contribution is 1.53. The molecule has 0 aromatic rings. The van der Waals surface area contributed by atoms with Crippen molar-refractivity contribution < 1.29 is 10.2 Å². The summed E-state index contributed by atoms with van der Waals surface area (Å²) in [6, 6.07) is 0. The number of nitrogens with one attached hydrogen (secondary N) is 1. The van der Waals surface area contributed by atoms with Gasteiger partial charge in [0.05, 0.1) is 5.49 Å². The second-order valence-electron chi connectivity index (χ2n) is 0.906. The van der Waals surface area contributed by atoms with Gasteiger partial charge in [0.25, 0.3) is 10.3 Å². The maximum Gasteiger partial charge on any atom is 0.258 e. The Morgan fingerprint density at radius 3 is 1.70 bits per heavy atom. The Hall–Kier alpha value is -0.530. The third kappa shape index (κ3) is 51.3. The summed E-state index contributed by atoms with van der Waals surface area (Å²) in [5.41, 5.74) is 5.54. The number of aliphatic hydroxyl groups is 2. The Kier molecular flexibility index (Phi) is 10.3. The predicted octanol–water partition coefficient (Wildman–Crippen LogP) is 0.164. The molecule has 0 rings (SSSR count). The van der Waals surface area contributed by atoms with Crippen LogP contribution in [0.1, 0.15) is 0 Å². The van der Waals surface area contributed by atoms with E-state index in [1.165, 1.54) is 0 Å². The molecular weight excluding hydrogens is 192 g/mol. The number of aliphatic hydroxyl groups excluding tert-OH is 2. The SMILES string of the molecule is NC(O)=S.OC(=S)NC=S. The van der Waals surface area contributed by atoms with Gasteiger partial charge in [-0.05, 0) is 24.4 Å². The number of thiocarbonyl (C=S) groups is 3. The van der Waals surface area contributed by atoms with Gasteiger partial charge in [-0.3, -0.25) is 0 Å². The van der Waals surface area contributed by atoms with Crippen molar-refractivity contribution >= 4 is 52.5 Å². The minimum atomic E-state index is -0.500. The molecule has 0 fully saturated rings. The van der Waals surface area contributed by atoms with Crippen LogP contribution in [0.15, 0.2) is 0 Å². The van der Waals surface area contributed by atoms with E-state index in [-0.39, 0.29) is 5.17 Å². The molecule has 0 saturated heterocycles. The van der Waals surface area contributed by atoms with Crippen molar-refractivity contribution in [1.29, 1.82) is 0 Å². The molecule has 0 spiro atoms. The van der Waals surface area contributed by atoms with Crippen LogP contribution in [0.5, 0.6) is 0 Å². The molecule has 5 N–H and O–H groups in total. The number of rotatable bonds is 1. The van der Waals surface area contributed by atoms with Gasteiger partial charge >= 0.3 is 0 Å². The molecule has 0 radical (unpaired) electrons. The molecule has 0 aromatic heterocycles. The van der Waals surface area contributed by atoms with Gasteiger partial charge in [0.15, 0.2) is 0 Å². The summed E-state index contributed by atoms with van der Waals surface area (Å²) in [6.45, 7) is 0. The number of hydrogen-bond donors (Lipinski definition) is 4. The molecule has 10 heavy (non-hydrogen) atoms. The van der Waals surface area contributed by atoms with Gasteiger partial charge in [0, 0.05) is 0 Å². The van der Waals surface area contributed by atoms with Gasteiger partial charge < -0.3 is 21.3 Å². The van der Waals surface area contributed by atoms with Crippen LogP contribution in [-0.4, -0.2) is 26.1 Å². The topological polar surface area (TPSA) is 78.5 Å². The van der Waals surface area contributed by atoms with Gasteiger partial charge in [-0.15, -0.1) is 0 Å². The third-order valence-electron chi connectivity index (χ3n) is 0.182. The molecule has 0 heterocycles. The molecule has 0 atom stereocenters. The lowest BCUT2D eigenvalue weighted by molar-refractivity contribution is 0.551. The molecule has 0 saturated carbocycles. The minimum absolute atomic E-state index is 0.287. The zero-order chi connectivity index (χ0) is 8.57. The fraction of sp³-hybridized carbons (Fsp3) is 0. The van der Waals surface area contributed by atoms with Crippen molar-refractivity contribution in [1.82, 2.24) is 5.32 Å². The van der Waals surface area contributed by atoms with Crippen LogP contribution >= 0.6 is 36.7 Å². The quantitative estimate of drug-likeness (QED) is 0.447. The van der Waals surface area contributed by atoms with Crippen LogP contribution in [0.25, 0.3) is 0 Å². The van der Waals surface area contributed by atoms with Crippen molar-refractivity contribution in [3.05, 3.63) is 0 Å². The highest BCUT2D eigenvalue weighted by Gasteiger charge is 1.74. The fourth-order valence-electron chi connectivity index (χ4n) is 0.0504. The molecule has 0 aliphatic rings. The Morgan fingerprint density at radius 1 is 1.40 bits per heavy atom. The van der Waals surface area contributed by atoms with Crippen LogP contribution in [0.4, 0.5) is 0 Å². The predicted molar refractivity (Wildman–Crippen MR) is 51.4 cm³/mol. The Balaban J connectivity index is 0. The Labute approximate surface area is 74.0 Å². The molecule has 0 amide bonds. The van der Waals surface area contributed by atoms with Crippen LogP contribution in [0, 0.1) is 0 Å². The monoisotopic (exact) mass is 198 g/mol.